The van der Waals surface area contributed by atoms with Gasteiger partial charge in [-0.25, -0.2) is 4.98 Å². The highest BCUT2D eigenvalue weighted by Gasteiger charge is 2.40. The van der Waals surface area contributed by atoms with Crippen molar-refractivity contribution in [2.75, 3.05) is 5.43 Å². The van der Waals surface area contributed by atoms with E-state index in [0.717, 1.165) is 22.0 Å². The van der Waals surface area contributed by atoms with E-state index in [1.165, 1.54) is 0 Å². The van der Waals surface area contributed by atoms with Crippen LogP contribution in [-0.4, -0.2) is 16.0 Å². The van der Waals surface area contributed by atoms with Gasteiger partial charge in [0.15, 0.2) is 5.60 Å². The lowest BCUT2D eigenvalue weighted by Crippen LogP contribution is -3.00. The number of nitrogens with one attached hydrogen (secondary N) is 2. The van der Waals surface area contributed by atoms with Gasteiger partial charge in [-0.2, -0.15) is 0 Å². The summed E-state index contributed by atoms with van der Waals surface area (Å²) in [7, 11) is 0. The Kier molecular flexibility index (Phi) is 6.59. The lowest BCUT2D eigenvalue weighted by atomic mass is 9.85. The molecule has 0 aliphatic heterocycles. The van der Waals surface area contributed by atoms with Crippen LogP contribution in [-0.2, 0) is 10.4 Å². The number of hydrogen-bond acceptors (Lipinski definition) is 4. The van der Waals surface area contributed by atoms with Gasteiger partial charge in [0, 0.05) is 5.39 Å². The molecular formula is C25H23ClN3O2-. The maximum Gasteiger partial charge on any atom is 0.279 e. The van der Waals surface area contributed by atoms with Gasteiger partial charge in [-0.05, 0) is 43.2 Å². The molecule has 6 heteroatoms. The molecular weight excluding hydrogens is 410 g/mol. The van der Waals surface area contributed by atoms with Gasteiger partial charge >= 0.3 is 0 Å². The summed E-state index contributed by atoms with van der Waals surface area (Å²) in [4.78, 5) is 17.7. The third kappa shape index (κ3) is 4.53. The number of rotatable bonds is 5. The Bertz CT molecular complexity index is 1150. The number of aryl methyl sites for hydroxylation is 2. The van der Waals surface area contributed by atoms with Gasteiger partial charge in [0.1, 0.15) is 5.82 Å². The van der Waals surface area contributed by atoms with Crippen LogP contribution in [0.1, 0.15) is 22.3 Å². The molecule has 1 heterocycles. The van der Waals surface area contributed by atoms with Crippen molar-refractivity contribution >= 4 is 22.6 Å². The standard InChI is InChI=1S/C25H23N3O2.ClH/c1-17-7-12-20(13-8-17)25(30,21-14-9-18(2)10-15-21)24(29)28-27-23-16-11-19-5-3-4-6-22(19)26-23;/h3-16,30H,1-2H3,(H,26,27)(H,28,29);1H/p-1. The Morgan fingerprint density at radius 1 is 0.806 bits per heavy atom. The van der Waals surface area contributed by atoms with Crippen LogP contribution < -0.4 is 23.3 Å². The lowest BCUT2D eigenvalue weighted by molar-refractivity contribution is -0.136. The average Bonchev–Trinajstić information content (AvgIpc) is 2.77. The number of nitrogens with zero attached hydrogens (tertiary/aromatic N) is 1. The van der Waals surface area contributed by atoms with Crippen molar-refractivity contribution < 1.29 is 22.3 Å². The number of aliphatic hydroxyl groups is 1. The zero-order valence-corrected chi connectivity index (χ0v) is 18.0. The van der Waals surface area contributed by atoms with E-state index in [-0.39, 0.29) is 12.4 Å². The molecule has 0 aliphatic rings. The molecule has 0 atom stereocenters. The van der Waals surface area contributed by atoms with E-state index in [2.05, 4.69) is 15.8 Å². The van der Waals surface area contributed by atoms with Gasteiger partial charge in [0.25, 0.3) is 5.91 Å². The number of aromatic nitrogens is 1. The van der Waals surface area contributed by atoms with Crippen molar-refractivity contribution in [2.45, 2.75) is 19.4 Å². The molecule has 3 aromatic carbocycles. The molecule has 158 valence electrons. The minimum Gasteiger partial charge on any atom is -1.00 e. The molecule has 5 nitrogen and oxygen atoms in total. The second-order valence-electron chi connectivity index (χ2n) is 7.41. The third-order valence-corrected chi connectivity index (χ3v) is 5.17. The van der Waals surface area contributed by atoms with Gasteiger partial charge < -0.3 is 17.5 Å². The lowest BCUT2D eigenvalue weighted by Gasteiger charge is -2.28. The van der Waals surface area contributed by atoms with Crippen molar-refractivity contribution in [2.24, 2.45) is 0 Å². The minimum atomic E-state index is -1.86. The number of anilines is 1. The van der Waals surface area contributed by atoms with Gasteiger partial charge in [-0.3, -0.25) is 15.6 Å². The quantitative estimate of drug-likeness (QED) is 0.415. The van der Waals surface area contributed by atoms with E-state index >= 15 is 0 Å². The summed E-state index contributed by atoms with van der Waals surface area (Å²) in [5, 5.41) is 12.6. The molecule has 1 aromatic heterocycles. The zero-order valence-electron chi connectivity index (χ0n) is 17.3. The second kappa shape index (κ2) is 9.16. The summed E-state index contributed by atoms with van der Waals surface area (Å²) in [6.07, 6.45) is 0. The van der Waals surface area contributed by atoms with Crippen LogP contribution in [0, 0.1) is 13.8 Å². The van der Waals surface area contributed by atoms with E-state index in [1.807, 2.05) is 68.4 Å². The Labute approximate surface area is 187 Å². The summed E-state index contributed by atoms with van der Waals surface area (Å²) in [5.41, 5.74) is 7.48. The first-order chi connectivity index (χ1) is 14.5. The van der Waals surface area contributed by atoms with Crippen LogP contribution >= 0.6 is 0 Å². The van der Waals surface area contributed by atoms with Crippen LogP contribution in [0.15, 0.2) is 84.9 Å². The number of halogens is 1. The fourth-order valence-corrected chi connectivity index (χ4v) is 3.37. The van der Waals surface area contributed by atoms with Crippen LogP contribution in [0.5, 0.6) is 0 Å². The SMILES string of the molecule is Cc1ccc(C(O)(C(=O)NNc2ccc3ccccc3n2)c2ccc(C)cc2)cc1.[Cl-]. The topological polar surface area (TPSA) is 74.2 Å². The van der Waals surface area contributed by atoms with Crippen LogP contribution in [0.4, 0.5) is 5.82 Å². The molecule has 0 saturated carbocycles. The number of carbonyl (C=O) groups excluding carboxylic acids is 1. The molecule has 1 amide bonds. The molecule has 0 saturated heterocycles. The smallest absolute Gasteiger partial charge is 0.279 e. The van der Waals surface area contributed by atoms with Crippen LogP contribution in [0.2, 0.25) is 0 Å². The Balaban J connectivity index is 0.00000272. The Morgan fingerprint density at radius 3 is 1.94 bits per heavy atom. The molecule has 3 N–H and O–H groups in total. The number of fused-ring (bicyclic) bond motifs is 1. The summed E-state index contributed by atoms with van der Waals surface area (Å²) in [5.74, 6) is -0.109. The fraction of sp³-hybridized carbons (Fsp3) is 0.120. The highest BCUT2D eigenvalue weighted by molar-refractivity contribution is 5.91. The van der Waals surface area contributed by atoms with Crippen LogP contribution in [0.3, 0.4) is 0 Å². The summed E-state index contributed by atoms with van der Waals surface area (Å²) in [6, 6.07) is 26.0. The van der Waals surface area contributed by atoms with Crippen molar-refractivity contribution in [3.05, 3.63) is 107 Å². The second-order valence-corrected chi connectivity index (χ2v) is 7.41. The van der Waals surface area contributed by atoms with E-state index in [4.69, 9.17) is 0 Å². The molecule has 0 bridgehead atoms. The van der Waals surface area contributed by atoms with E-state index in [9.17, 15) is 9.90 Å². The first-order valence-electron chi connectivity index (χ1n) is 9.76. The number of amides is 1. The minimum absolute atomic E-state index is 0. The summed E-state index contributed by atoms with van der Waals surface area (Å²) >= 11 is 0. The molecule has 31 heavy (non-hydrogen) atoms. The van der Waals surface area contributed by atoms with Gasteiger partial charge in [0.2, 0.25) is 0 Å². The van der Waals surface area contributed by atoms with Crippen LogP contribution in [0.25, 0.3) is 10.9 Å². The molecule has 4 aromatic rings. The monoisotopic (exact) mass is 432 g/mol. The van der Waals surface area contributed by atoms with E-state index in [1.54, 1.807) is 30.3 Å². The predicted molar refractivity (Wildman–Crippen MR) is 119 cm³/mol. The van der Waals surface area contributed by atoms with Crippen molar-refractivity contribution in [3.8, 4) is 0 Å². The Morgan fingerprint density at radius 2 is 1.35 bits per heavy atom. The Hall–Kier alpha value is -3.41. The van der Waals surface area contributed by atoms with Crippen molar-refractivity contribution in [1.29, 1.82) is 0 Å². The van der Waals surface area contributed by atoms with Crippen molar-refractivity contribution in [3.63, 3.8) is 0 Å². The number of hydrogen-bond donors (Lipinski definition) is 3. The molecule has 4 rings (SSSR count). The predicted octanol–water partition coefficient (Wildman–Crippen LogP) is 1.23. The normalized spacial score (nSPS) is 10.9. The van der Waals surface area contributed by atoms with Crippen molar-refractivity contribution in [1.82, 2.24) is 10.4 Å². The molecule has 0 aliphatic carbocycles. The number of benzene rings is 3. The maximum atomic E-state index is 13.2. The number of carbonyl (C=O) groups is 1. The molecule has 0 radical (unpaired) electrons. The molecule has 0 fully saturated rings. The van der Waals surface area contributed by atoms with Gasteiger partial charge in [-0.15, -0.1) is 0 Å². The number of hydrazine groups is 1. The van der Waals surface area contributed by atoms with E-state index in [0.29, 0.717) is 16.9 Å². The largest absolute Gasteiger partial charge is 1.00 e. The highest BCUT2D eigenvalue weighted by atomic mass is 35.5. The van der Waals surface area contributed by atoms with Gasteiger partial charge in [0.05, 0.1) is 5.52 Å². The average molecular weight is 433 g/mol. The molecule has 0 unspecified atom stereocenters. The first kappa shape index (κ1) is 22.3. The first-order valence-corrected chi connectivity index (χ1v) is 9.76. The number of para-hydroxylation sites is 1. The zero-order chi connectivity index (χ0) is 21.1. The summed E-state index contributed by atoms with van der Waals surface area (Å²) in [6.45, 7) is 3.92. The fourth-order valence-electron chi connectivity index (χ4n) is 3.37. The summed E-state index contributed by atoms with van der Waals surface area (Å²) < 4.78 is 0. The number of pyridine rings is 1. The van der Waals surface area contributed by atoms with E-state index < -0.39 is 11.5 Å². The molecule has 0 spiro atoms. The highest BCUT2D eigenvalue weighted by Crippen LogP contribution is 2.30. The van der Waals surface area contributed by atoms with Gasteiger partial charge in [-0.1, -0.05) is 77.9 Å². The third-order valence-electron chi connectivity index (χ3n) is 5.17. The maximum absolute atomic E-state index is 13.2.